The number of hydrogen-bond acceptors (Lipinski definition) is 2. The zero-order valence-corrected chi connectivity index (χ0v) is 11.8. The van der Waals surface area contributed by atoms with Gasteiger partial charge in [-0.15, -0.1) is 0 Å². The summed E-state index contributed by atoms with van der Waals surface area (Å²) in [7, 11) is 0. The molecular weight excluding hydrogens is 254 g/mol. The molecule has 1 unspecified atom stereocenters. The molecule has 1 aliphatic rings. The summed E-state index contributed by atoms with van der Waals surface area (Å²) in [4.78, 5) is 24.7. The number of para-hydroxylation sites is 1. The molecule has 4 heteroatoms. The summed E-state index contributed by atoms with van der Waals surface area (Å²) in [6.45, 7) is 2.91. The number of fused-ring (bicyclic) bond motifs is 1. The zero-order chi connectivity index (χ0) is 14.5. The number of benzene rings is 1. The number of carbonyl (C=O) groups excluding carboxylic acids is 1. The van der Waals surface area contributed by atoms with Crippen molar-refractivity contribution < 1.29 is 14.7 Å². The monoisotopic (exact) mass is 275 g/mol. The number of carboxylic acid groups (broad SMARTS) is 1. The van der Waals surface area contributed by atoms with Crippen LogP contribution in [0.3, 0.4) is 0 Å². The summed E-state index contributed by atoms with van der Waals surface area (Å²) < 4.78 is 0. The Morgan fingerprint density at radius 3 is 2.70 bits per heavy atom. The predicted molar refractivity (Wildman–Crippen MR) is 77.8 cm³/mol. The maximum atomic E-state index is 12.3. The van der Waals surface area contributed by atoms with Crippen molar-refractivity contribution in [3.05, 3.63) is 29.8 Å². The first kappa shape index (κ1) is 14.6. The normalized spacial score (nSPS) is 17.6. The van der Waals surface area contributed by atoms with Crippen molar-refractivity contribution in [1.29, 1.82) is 0 Å². The van der Waals surface area contributed by atoms with Crippen LogP contribution >= 0.6 is 0 Å². The van der Waals surface area contributed by atoms with Crippen LogP contribution < -0.4 is 4.90 Å². The number of carbonyl (C=O) groups is 2. The molecule has 1 aromatic carbocycles. The van der Waals surface area contributed by atoms with Crippen LogP contribution in [0.1, 0.15) is 38.2 Å². The van der Waals surface area contributed by atoms with Gasteiger partial charge in [0.2, 0.25) is 5.91 Å². The first-order valence-corrected chi connectivity index (χ1v) is 7.18. The first-order valence-electron chi connectivity index (χ1n) is 7.18. The van der Waals surface area contributed by atoms with E-state index in [4.69, 9.17) is 5.11 Å². The van der Waals surface area contributed by atoms with Crippen molar-refractivity contribution in [1.82, 2.24) is 0 Å². The van der Waals surface area contributed by atoms with Gasteiger partial charge < -0.3 is 10.0 Å². The van der Waals surface area contributed by atoms with E-state index in [1.54, 1.807) is 0 Å². The van der Waals surface area contributed by atoms with Gasteiger partial charge in [0.25, 0.3) is 0 Å². The standard InChI is InChI=1S/C16H21NO3/c1-12-10-13-6-2-3-7-14(13)17(11-12)15(18)8-4-5-9-16(19)20/h2-3,6-7,12H,4-5,8-11H2,1H3,(H,19,20). The molecule has 0 radical (unpaired) electrons. The van der Waals surface area contributed by atoms with Gasteiger partial charge in [0.1, 0.15) is 0 Å². The lowest BCUT2D eigenvalue weighted by Gasteiger charge is -2.33. The quantitative estimate of drug-likeness (QED) is 0.841. The van der Waals surface area contributed by atoms with Crippen molar-refractivity contribution in [3.8, 4) is 0 Å². The second kappa shape index (κ2) is 6.55. The van der Waals surface area contributed by atoms with Gasteiger partial charge in [0, 0.05) is 25.1 Å². The van der Waals surface area contributed by atoms with E-state index in [1.165, 1.54) is 5.56 Å². The van der Waals surface area contributed by atoms with Gasteiger partial charge in [-0.05, 0) is 36.8 Å². The number of unbranched alkanes of at least 4 members (excludes halogenated alkanes) is 1. The molecule has 0 spiro atoms. The van der Waals surface area contributed by atoms with Crippen molar-refractivity contribution >= 4 is 17.6 Å². The summed E-state index contributed by atoms with van der Waals surface area (Å²) in [6, 6.07) is 8.04. The van der Waals surface area contributed by atoms with E-state index in [0.29, 0.717) is 25.2 Å². The lowest BCUT2D eigenvalue weighted by atomic mass is 9.93. The molecule has 1 atom stereocenters. The van der Waals surface area contributed by atoms with Gasteiger partial charge in [-0.2, -0.15) is 0 Å². The molecule has 1 aliphatic heterocycles. The highest BCUT2D eigenvalue weighted by Crippen LogP contribution is 2.30. The summed E-state index contributed by atoms with van der Waals surface area (Å²) >= 11 is 0. The van der Waals surface area contributed by atoms with Crippen LogP contribution in [0.4, 0.5) is 5.69 Å². The molecule has 0 bridgehead atoms. The van der Waals surface area contributed by atoms with Crippen molar-refractivity contribution in [2.24, 2.45) is 5.92 Å². The molecule has 1 amide bonds. The fourth-order valence-electron chi connectivity index (χ4n) is 2.72. The van der Waals surface area contributed by atoms with Crippen LogP contribution in [-0.4, -0.2) is 23.5 Å². The molecule has 2 rings (SSSR count). The van der Waals surface area contributed by atoms with E-state index in [1.807, 2.05) is 23.1 Å². The largest absolute Gasteiger partial charge is 0.481 e. The number of aliphatic carboxylic acids is 1. The Morgan fingerprint density at radius 1 is 1.25 bits per heavy atom. The molecular formula is C16H21NO3. The molecule has 0 saturated carbocycles. The Bertz CT molecular complexity index is 498. The topological polar surface area (TPSA) is 57.6 Å². The molecule has 0 aliphatic carbocycles. The Labute approximate surface area is 119 Å². The Kier molecular flexibility index (Phi) is 4.77. The summed E-state index contributed by atoms with van der Waals surface area (Å²) in [5.74, 6) is -0.225. The lowest BCUT2D eigenvalue weighted by Crippen LogP contribution is -2.39. The van der Waals surface area contributed by atoms with Gasteiger partial charge in [-0.3, -0.25) is 9.59 Å². The van der Waals surface area contributed by atoms with Gasteiger partial charge in [-0.25, -0.2) is 0 Å². The highest BCUT2D eigenvalue weighted by atomic mass is 16.4. The second-order valence-corrected chi connectivity index (χ2v) is 5.54. The minimum atomic E-state index is -0.797. The Hall–Kier alpha value is -1.84. The van der Waals surface area contributed by atoms with Gasteiger partial charge in [-0.1, -0.05) is 25.1 Å². The molecule has 1 N–H and O–H groups in total. The Balaban J connectivity index is 1.97. The van der Waals surface area contributed by atoms with E-state index in [-0.39, 0.29) is 12.3 Å². The van der Waals surface area contributed by atoms with Crippen LogP contribution in [0.2, 0.25) is 0 Å². The molecule has 1 aromatic rings. The maximum absolute atomic E-state index is 12.3. The number of nitrogens with zero attached hydrogens (tertiary/aromatic N) is 1. The van der Waals surface area contributed by atoms with E-state index >= 15 is 0 Å². The number of hydrogen-bond donors (Lipinski definition) is 1. The van der Waals surface area contributed by atoms with E-state index in [9.17, 15) is 9.59 Å². The van der Waals surface area contributed by atoms with Crippen molar-refractivity contribution in [3.63, 3.8) is 0 Å². The average molecular weight is 275 g/mol. The zero-order valence-electron chi connectivity index (χ0n) is 11.8. The fourth-order valence-corrected chi connectivity index (χ4v) is 2.72. The van der Waals surface area contributed by atoms with Crippen LogP contribution in [0.15, 0.2) is 24.3 Å². The third-order valence-electron chi connectivity index (χ3n) is 3.68. The highest BCUT2D eigenvalue weighted by Gasteiger charge is 2.25. The van der Waals surface area contributed by atoms with E-state index < -0.39 is 5.97 Å². The molecule has 1 heterocycles. The van der Waals surface area contributed by atoms with Gasteiger partial charge in [0.05, 0.1) is 0 Å². The third kappa shape index (κ3) is 3.59. The lowest BCUT2D eigenvalue weighted by molar-refractivity contribution is -0.137. The molecule has 108 valence electrons. The molecule has 20 heavy (non-hydrogen) atoms. The summed E-state index contributed by atoms with van der Waals surface area (Å²) in [5, 5.41) is 8.60. The van der Waals surface area contributed by atoms with Crippen LogP contribution in [-0.2, 0) is 16.0 Å². The third-order valence-corrected chi connectivity index (χ3v) is 3.68. The average Bonchev–Trinajstić information content (AvgIpc) is 2.42. The van der Waals surface area contributed by atoms with Gasteiger partial charge >= 0.3 is 5.97 Å². The predicted octanol–water partition coefficient (Wildman–Crippen LogP) is 2.86. The number of carboxylic acids is 1. The number of rotatable bonds is 5. The summed E-state index contributed by atoms with van der Waals surface area (Å²) in [5.41, 5.74) is 2.25. The maximum Gasteiger partial charge on any atom is 0.303 e. The van der Waals surface area contributed by atoms with Gasteiger partial charge in [0.15, 0.2) is 0 Å². The highest BCUT2D eigenvalue weighted by molar-refractivity contribution is 5.94. The smallest absolute Gasteiger partial charge is 0.303 e. The number of anilines is 1. The summed E-state index contributed by atoms with van der Waals surface area (Å²) in [6.07, 6.45) is 2.78. The number of amides is 1. The first-order chi connectivity index (χ1) is 9.58. The SMILES string of the molecule is CC1Cc2ccccc2N(C(=O)CCCCC(=O)O)C1. The molecule has 0 fully saturated rings. The fraction of sp³-hybridized carbons (Fsp3) is 0.500. The van der Waals surface area contributed by atoms with Crippen LogP contribution in [0, 0.1) is 5.92 Å². The van der Waals surface area contributed by atoms with Crippen LogP contribution in [0.25, 0.3) is 0 Å². The molecule has 4 nitrogen and oxygen atoms in total. The minimum absolute atomic E-state index is 0.106. The Morgan fingerprint density at radius 2 is 1.95 bits per heavy atom. The van der Waals surface area contributed by atoms with Crippen LogP contribution in [0.5, 0.6) is 0 Å². The van der Waals surface area contributed by atoms with Crippen molar-refractivity contribution in [2.45, 2.75) is 39.0 Å². The molecule has 0 saturated heterocycles. The molecule has 0 aromatic heterocycles. The minimum Gasteiger partial charge on any atom is -0.481 e. The van der Waals surface area contributed by atoms with E-state index in [0.717, 1.165) is 18.7 Å². The second-order valence-electron chi connectivity index (χ2n) is 5.54. The van der Waals surface area contributed by atoms with E-state index in [2.05, 4.69) is 13.0 Å². The van der Waals surface area contributed by atoms with Crippen molar-refractivity contribution in [2.75, 3.05) is 11.4 Å².